The van der Waals surface area contributed by atoms with Crippen LogP contribution in [0.3, 0.4) is 0 Å². The summed E-state index contributed by atoms with van der Waals surface area (Å²) in [6, 6.07) is 18.3. The summed E-state index contributed by atoms with van der Waals surface area (Å²) < 4.78 is 0. The number of benzene rings is 2. The first-order valence-electron chi connectivity index (χ1n) is 9.36. The van der Waals surface area contributed by atoms with Crippen LogP contribution in [0.25, 0.3) is 22.2 Å². The van der Waals surface area contributed by atoms with Gasteiger partial charge in [-0.2, -0.15) is 0 Å². The molecule has 0 atom stereocenters. The number of anilines is 1. The smallest absolute Gasteiger partial charge is 0.0765 e. The molecule has 144 valence electrons. The number of aromatic nitrogens is 1. The van der Waals surface area contributed by atoms with Gasteiger partial charge in [-0.1, -0.05) is 42.5 Å². The summed E-state index contributed by atoms with van der Waals surface area (Å²) in [5, 5.41) is 1.28. The molecule has 2 nitrogen and oxygen atoms in total. The fourth-order valence-corrected chi connectivity index (χ4v) is 4.33. The van der Waals surface area contributed by atoms with E-state index in [1.165, 1.54) is 33.5 Å². The van der Waals surface area contributed by atoms with Crippen LogP contribution in [-0.4, -0.2) is 17.1 Å². The fraction of sp³-hybridized carbons (Fsp3) is 0.348. The SMILES string of the molecule is Br.Br.CC(C)N(c1c2c(nc3ccccc13)-c1ccccc1CC2)C(C)C. The summed E-state index contributed by atoms with van der Waals surface area (Å²) >= 11 is 0. The molecule has 0 unspecified atom stereocenters. The van der Waals surface area contributed by atoms with E-state index in [1.54, 1.807) is 0 Å². The van der Waals surface area contributed by atoms with Gasteiger partial charge in [0.15, 0.2) is 0 Å². The summed E-state index contributed by atoms with van der Waals surface area (Å²) in [7, 11) is 0. The van der Waals surface area contributed by atoms with Crippen molar-refractivity contribution in [3.63, 3.8) is 0 Å². The van der Waals surface area contributed by atoms with Gasteiger partial charge >= 0.3 is 0 Å². The second-order valence-corrected chi connectivity index (χ2v) is 7.56. The summed E-state index contributed by atoms with van der Waals surface area (Å²) in [4.78, 5) is 7.66. The topological polar surface area (TPSA) is 16.1 Å². The first-order chi connectivity index (χ1) is 12.1. The number of para-hydroxylation sites is 1. The van der Waals surface area contributed by atoms with Crippen LogP contribution in [0.4, 0.5) is 5.69 Å². The lowest BCUT2D eigenvalue weighted by Crippen LogP contribution is -2.38. The van der Waals surface area contributed by atoms with Crippen LogP contribution in [0.15, 0.2) is 48.5 Å². The van der Waals surface area contributed by atoms with E-state index in [2.05, 4.69) is 81.1 Å². The van der Waals surface area contributed by atoms with Crippen LogP contribution < -0.4 is 4.90 Å². The molecule has 1 aromatic heterocycles. The van der Waals surface area contributed by atoms with Crippen LogP contribution in [0.1, 0.15) is 38.8 Å². The highest BCUT2D eigenvalue weighted by atomic mass is 79.9. The van der Waals surface area contributed by atoms with Gasteiger partial charge in [-0.05, 0) is 52.2 Å². The Morgan fingerprint density at radius 3 is 2.15 bits per heavy atom. The number of rotatable bonds is 3. The van der Waals surface area contributed by atoms with Gasteiger partial charge in [0.05, 0.1) is 16.9 Å². The Kier molecular flexibility index (Phi) is 7.09. The van der Waals surface area contributed by atoms with Crippen LogP contribution in [0.2, 0.25) is 0 Å². The second-order valence-electron chi connectivity index (χ2n) is 7.56. The molecule has 0 fully saturated rings. The van der Waals surface area contributed by atoms with Crippen molar-refractivity contribution in [3.05, 3.63) is 59.7 Å². The molecule has 1 aliphatic rings. The molecule has 4 rings (SSSR count). The van der Waals surface area contributed by atoms with E-state index >= 15 is 0 Å². The quantitative estimate of drug-likeness (QED) is 0.401. The number of aryl methyl sites for hydroxylation is 1. The molecule has 27 heavy (non-hydrogen) atoms. The van der Waals surface area contributed by atoms with Crippen molar-refractivity contribution < 1.29 is 0 Å². The predicted octanol–water partition coefficient (Wildman–Crippen LogP) is 6.78. The average Bonchev–Trinajstić information content (AvgIpc) is 2.60. The summed E-state index contributed by atoms with van der Waals surface area (Å²) in [5.74, 6) is 0. The van der Waals surface area contributed by atoms with Crippen LogP contribution in [0.5, 0.6) is 0 Å². The predicted molar refractivity (Wildman–Crippen MR) is 128 cm³/mol. The van der Waals surface area contributed by atoms with E-state index in [0.717, 1.165) is 18.4 Å². The zero-order valence-corrected chi connectivity index (χ0v) is 19.8. The molecule has 2 aromatic carbocycles. The minimum absolute atomic E-state index is 0. The molecular weight excluding hydrogens is 464 g/mol. The van der Waals surface area contributed by atoms with Crippen molar-refractivity contribution in [3.8, 4) is 11.3 Å². The third-order valence-corrected chi connectivity index (χ3v) is 5.25. The van der Waals surface area contributed by atoms with Gasteiger partial charge in [0.1, 0.15) is 0 Å². The van der Waals surface area contributed by atoms with Crippen molar-refractivity contribution in [1.82, 2.24) is 4.98 Å². The summed E-state index contributed by atoms with van der Waals surface area (Å²) in [6.07, 6.45) is 2.16. The number of fused-ring (bicyclic) bond motifs is 4. The molecular formula is C23H28Br2N2. The van der Waals surface area contributed by atoms with E-state index in [9.17, 15) is 0 Å². The molecule has 0 saturated carbocycles. The van der Waals surface area contributed by atoms with Gasteiger partial charge in [0.2, 0.25) is 0 Å². The Morgan fingerprint density at radius 1 is 0.815 bits per heavy atom. The third-order valence-electron chi connectivity index (χ3n) is 5.25. The van der Waals surface area contributed by atoms with Crippen molar-refractivity contribution >= 4 is 50.6 Å². The maximum atomic E-state index is 5.09. The minimum Gasteiger partial charge on any atom is -0.366 e. The Bertz CT molecular complexity index is 927. The van der Waals surface area contributed by atoms with Crippen molar-refractivity contribution in [2.45, 2.75) is 52.6 Å². The zero-order valence-electron chi connectivity index (χ0n) is 16.4. The lowest BCUT2D eigenvalue weighted by molar-refractivity contribution is 0.606. The molecule has 1 heterocycles. The summed E-state index contributed by atoms with van der Waals surface area (Å²) in [5.41, 5.74) is 7.81. The number of hydrogen-bond acceptors (Lipinski definition) is 2. The van der Waals surface area contributed by atoms with E-state index in [-0.39, 0.29) is 34.0 Å². The van der Waals surface area contributed by atoms with Gasteiger partial charge < -0.3 is 4.90 Å². The Hall–Kier alpha value is -1.39. The van der Waals surface area contributed by atoms with Gasteiger partial charge in [-0.25, -0.2) is 4.98 Å². The maximum Gasteiger partial charge on any atom is 0.0765 e. The number of nitrogens with zero attached hydrogens (tertiary/aromatic N) is 2. The van der Waals surface area contributed by atoms with Gasteiger partial charge in [-0.15, -0.1) is 34.0 Å². The van der Waals surface area contributed by atoms with Crippen molar-refractivity contribution in [1.29, 1.82) is 0 Å². The highest BCUT2D eigenvalue weighted by Gasteiger charge is 2.27. The average molecular weight is 492 g/mol. The zero-order chi connectivity index (χ0) is 17.6. The van der Waals surface area contributed by atoms with Crippen LogP contribution >= 0.6 is 34.0 Å². The molecule has 0 N–H and O–H groups in total. The van der Waals surface area contributed by atoms with Crippen LogP contribution in [0, 0.1) is 0 Å². The van der Waals surface area contributed by atoms with Crippen LogP contribution in [-0.2, 0) is 12.8 Å². The van der Waals surface area contributed by atoms with E-state index in [0.29, 0.717) is 12.1 Å². The highest BCUT2D eigenvalue weighted by Crippen LogP contribution is 2.42. The largest absolute Gasteiger partial charge is 0.366 e. The number of halogens is 2. The molecule has 1 aliphatic carbocycles. The lowest BCUT2D eigenvalue weighted by Gasteiger charge is -2.37. The first-order valence-corrected chi connectivity index (χ1v) is 9.36. The van der Waals surface area contributed by atoms with E-state index in [4.69, 9.17) is 4.98 Å². The fourth-order valence-electron chi connectivity index (χ4n) is 4.33. The molecule has 0 saturated heterocycles. The number of pyridine rings is 1. The monoisotopic (exact) mass is 490 g/mol. The molecule has 4 heteroatoms. The first kappa shape index (κ1) is 21.9. The molecule has 0 radical (unpaired) electrons. The van der Waals surface area contributed by atoms with E-state index in [1.807, 2.05) is 0 Å². The standard InChI is InChI=1S/C23H26N2.2BrH/c1-15(2)25(16(3)4)23-19-11-7-8-12-21(19)24-22-18-10-6-5-9-17(18)13-14-20(22)23;;/h5-12,15-16H,13-14H2,1-4H3;2*1H. The lowest BCUT2D eigenvalue weighted by atomic mass is 9.86. The molecule has 0 spiro atoms. The molecule has 0 amide bonds. The highest BCUT2D eigenvalue weighted by molar-refractivity contribution is 8.93. The van der Waals surface area contributed by atoms with Gasteiger partial charge in [0.25, 0.3) is 0 Å². The maximum absolute atomic E-state index is 5.09. The Balaban J connectivity index is 0.00000131. The Morgan fingerprint density at radius 2 is 1.44 bits per heavy atom. The summed E-state index contributed by atoms with van der Waals surface area (Å²) in [6.45, 7) is 9.16. The van der Waals surface area contributed by atoms with E-state index < -0.39 is 0 Å². The third kappa shape index (κ3) is 3.79. The Labute approximate surface area is 183 Å². The van der Waals surface area contributed by atoms with Crippen molar-refractivity contribution in [2.75, 3.05) is 4.90 Å². The molecule has 0 aliphatic heterocycles. The van der Waals surface area contributed by atoms with Crippen molar-refractivity contribution in [2.24, 2.45) is 0 Å². The van der Waals surface area contributed by atoms with Gasteiger partial charge in [0, 0.05) is 28.6 Å². The van der Waals surface area contributed by atoms with Gasteiger partial charge in [-0.3, -0.25) is 0 Å². The molecule has 0 bridgehead atoms. The number of hydrogen-bond donors (Lipinski definition) is 0. The second kappa shape index (κ2) is 8.74. The minimum atomic E-state index is 0. The normalized spacial score (nSPS) is 12.2. The molecule has 3 aromatic rings.